The predicted octanol–water partition coefficient (Wildman–Crippen LogP) is 3.34. The predicted molar refractivity (Wildman–Crippen MR) is 118 cm³/mol. The highest BCUT2D eigenvalue weighted by Gasteiger charge is 2.52. The quantitative estimate of drug-likeness (QED) is 0.630. The summed E-state index contributed by atoms with van der Waals surface area (Å²) in [6, 6.07) is 27.2. The van der Waals surface area contributed by atoms with Gasteiger partial charge >= 0.3 is 6.03 Å². The van der Waals surface area contributed by atoms with E-state index in [2.05, 4.69) is 5.32 Å². The van der Waals surface area contributed by atoms with Crippen molar-refractivity contribution in [2.45, 2.75) is 12.0 Å². The first-order valence-corrected chi connectivity index (χ1v) is 10.1. The lowest BCUT2D eigenvalue weighted by Gasteiger charge is -2.28. The van der Waals surface area contributed by atoms with Gasteiger partial charge in [-0.3, -0.25) is 14.5 Å². The van der Waals surface area contributed by atoms with Gasteiger partial charge in [-0.2, -0.15) is 0 Å². The van der Waals surface area contributed by atoms with Crippen LogP contribution in [0.4, 0.5) is 10.5 Å². The van der Waals surface area contributed by atoms with Crippen LogP contribution in [0.5, 0.6) is 0 Å². The monoisotopic (exact) mass is 413 g/mol. The molecule has 1 saturated heterocycles. The Kier molecular flexibility index (Phi) is 5.54. The Balaban J connectivity index is 1.63. The maximum atomic E-state index is 13.6. The van der Waals surface area contributed by atoms with Crippen molar-refractivity contribution in [3.05, 3.63) is 102 Å². The van der Waals surface area contributed by atoms with Crippen LogP contribution in [0.25, 0.3) is 0 Å². The van der Waals surface area contributed by atoms with Crippen LogP contribution in [-0.2, 0) is 21.5 Å². The highest BCUT2D eigenvalue weighted by molar-refractivity contribution is 6.10. The van der Waals surface area contributed by atoms with Crippen LogP contribution in [0.1, 0.15) is 11.1 Å². The lowest BCUT2D eigenvalue weighted by atomic mass is 9.83. The van der Waals surface area contributed by atoms with Crippen molar-refractivity contribution in [1.29, 1.82) is 0 Å². The van der Waals surface area contributed by atoms with Gasteiger partial charge in [0.1, 0.15) is 6.54 Å². The highest BCUT2D eigenvalue weighted by atomic mass is 16.2. The van der Waals surface area contributed by atoms with E-state index in [1.165, 1.54) is 4.90 Å². The summed E-state index contributed by atoms with van der Waals surface area (Å²) >= 11 is 0. The number of rotatable bonds is 6. The second-order valence-electron chi connectivity index (χ2n) is 7.54. The number of anilines is 1. The first-order valence-electron chi connectivity index (χ1n) is 10.1. The molecule has 1 atom stereocenters. The van der Waals surface area contributed by atoms with Gasteiger partial charge in [0.15, 0.2) is 5.54 Å². The van der Waals surface area contributed by atoms with E-state index in [0.717, 1.165) is 10.5 Å². The van der Waals surface area contributed by atoms with Crippen LogP contribution in [-0.4, -0.2) is 36.3 Å². The number of hydrogen-bond acceptors (Lipinski definition) is 3. The summed E-state index contributed by atoms with van der Waals surface area (Å²) in [6.07, 6.45) is 0.293. The Morgan fingerprint density at radius 1 is 0.871 bits per heavy atom. The molecule has 0 aliphatic carbocycles. The van der Waals surface area contributed by atoms with Crippen molar-refractivity contribution in [3.8, 4) is 0 Å². The molecule has 0 aromatic heterocycles. The molecule has 6 nitrogen and oxygen atoms in total. The van der Waals surface area contributed by atoms with Gasteiger partial charge in [-0.15, -0.1) is 0 Å². The minimum Gasteiger partial charge on any atom is -0.319 e. The molecule has 0 unspecified atom stereocenters. The molecule has 1 N–H and O–H groups in total. The average Bonchev–Trinajstić information content (AvgIpc) is 3.05. The van der Waals surface area contributed by atoms with Crippen LogP contribution in [0.2, 0.25) is 0 Å². The summed E-state index contributed by atoms with van der Waals surface area (Å²) < 4.78 is 0. The van der Waals surface area contributed by atoms with Crippen LogP contribution in [0.15, 0.2) is 91.0 Å². The van der Waals surface area contributed by atoms with Crippen LogP contribution in [0.3, 0.4) is 0 Å². The molecule has 156 valence electrons. The Morgan fingerprint density at radius 2 is 1.42 bits per heavy atom. The van der Waals surface area contributed by atoms with E-state index < -0.39 is 17.5 Å². The van der Waals surface area contributed by atoms with Gasteiger partial charge in [0.2, 0.25) is 5.91 Å². The first kappa shape index (κ1) is 20.3. The molecule has 0 saturated carbocycles. The highest BCUT2D eigenvalue weighted by Crippen LogP contribution is 2.33. The van der Waals surface area contributed by atoms with Crippen molar-refractivity contribution in [2.24, 2.45) is 0 Å². The zero-order chi connectivity index (χ0) is 21.8. The molecule has 0 spiro atoms. The number of imide groups is 1. The second-order valence-corrected chi connectivity index (χ2v) is 7.54. The fourth-order valence-electron chi connectivity index (χ4n) is 3.85. The summed E-state index contributed by atoms with van der Waals surface area (Å²) in [7, 11) is 1.63. The minimum absolute atomic E-state index is 0.293. The molecule has 4 amide bonds. The third kappa shape index (κ3) is 3.92. The first-order chi connectivity index (χ1) is 15.0. The van der Waals surface area contributed by atoms with E-state index in [1.54, 1.807) is 19.2 Å². The number of carbonyl (C=O) groups is 3. The fraction of sp³-hybridized carbons (Fsp3) is 0.160. The van der Waals surface area contributed by atoms with Crippen molar-refractivity contribution < 1.29 is 14.4 Å². The van der Waals surface area contributed by atoms with Crippen LogP contribution in [0, 0.1) is 0 Å². The number of carbonyl (C=O) groups excluding carboxylic acids is 3. The van der Waals surface area contributed by atoms with E-state index in [0.29, 0.717) is 17.7 Å². The second kappa shape index (κ2) is 8.44. The van der Waals surface area contributed by atoms with Gasteiger partial charge in [0.05, 0.1) is 0 Å². The number of benzene rings is 3. The summed E-state index contributed by atoms with van der Waals surface area (Å²) in [5.41, 5.74) is 1.03. The lowest BCUT2D eigenvalue weighted by Crippen LogP contribution is -2.47. The normalized spacial score (nSPS) is 18.0. The van der Waals surface area contributed by atoms with E-state index in [-0.39, 0.29) is 12.5 Å². The maximum Gasteiger partial charge on any atom is 0.325 e. The molecular formula is C25H23N3O3. The third-order valence-electron chi connectivity index (χ3n) is 5.57. The molecule has 1 fully saturated rings. The molecule has 3 aromatic rings. The largest absolute Gasteiger partial charge is 0.325 e. The zero-order valence-corrected chi connectivity index (χ0v) is 17.2. The molecule has 0 radical (unpaired) electrons. The van der Waals surface area contributed by atoms with E-state index >= 15 is 0 Å². The summed E-state index contributed by atoms with van der Waals surface area (Å²) in [5.74, 6) is -0.777. The zero-order valence-electron chi connectivity index (χ0n) is 17.2. The number of nitrogens with zero attached hydrogens (tertiary/aromatic N) is 2. The fourth-order valence-corrected chi connectivity index (χ4v) is 3.85. The van der Waals surface area contributed by atoms with Crippen LogP contribution >= 0.6 is 0 Å². The van der Waals surface area contributed by atoms with E-state index in [4.69, 9.17) is 0 Å². The molecule has 6 heteroatoms. The van der Waals surface area contributed by atoms with Crippen molar-refractivity contribution in [2.75, 3.05) is 18.5 Å². The molecule has 1 aliphatic rings. The number of para-hydroxylation sites is 1. The lowest BCUT2D eigenvalue weighted by molar-refractivity contribution is -0.134. The third-order valence-corrected chi connectivity index (χ3v) is 5.57. The molecule has 1 heterocycles. The Morgan fingerprint density at radius 3 is 2.03 bits per heavy atom. The summed E-state index contributed by atoms with van der Waals surface area (Å²) in [5, 5.41) is 2.88. The van der Waals surface area contributed by atoms with E-state index in [9.17, 15) is 14.4 Å². The smallest absolute Gasteiger partial charge is 0.319 e. The number of urea groups is 1. The number of hydrogen-bond donors (Lipinski definition) is 1. The molecule has 4 rings (SSSR count). The Bertz CT molecular complexity index is 1090. The van der Waals surface area contributed by atoms with Gasteiger partial charge in [-0.25, -0.2) is 4.79 Å². The molecule has 0 bridgehead atoms. The number of nitrogens with one attached hydrogen (secondary N) is 1. The van der Waals surface area contributed by atoms with Gasteiger partial charge in [-0.1, -0.05) is 78.9 Å². The maximum absolute atomic E-state index is 13.6. The number of likely N-dealkylation sites (N-methyl/N-ethyl adjacent to an activating group) is 1. The van der Waals surface area contributed by atoms with Crippen molar-refractivity contribution in [3.63, 3.8) is 0 Å². The summed E-state index contributed by atoms with van der Waals surface area (Å²) in [4.78, 5) is 41.8. The van der Waals surface area contributed by atoms with Crippen molar-refractivity contribution >= 4 is 23.5 Å². The van der Waals surface area contributed by atoms with Gasteiger partial charge in [0.25, 0.3) is 5.91 Å². The van der Waals surface area contributed by atoms with Crippen LogP contribution < -0.4 is 10.2 Å². The summed E-state index contributed by atoms with van der Waals surface area (Å²) in [6.45, 7) is -0.334. The molecule has 3 aromatic carbocycles. The molecule has 1 aliphatic heterocycles. The van der Waals surface area contributed by atoms with Gasteiger partial charge in [0, 0.05) is 19.2 Å². The van der Waals surface area contributed by atoms with Gasteiger partial charge < -0.3 is 10.2 Å². The van der Waals surface area contributed by atoms with Gasteiger partial charge in [-0.05, 0) is 23.3 Å². The SMILES string of the molecule is CN(C(=O)CN1C(=O)N[C@](Cc2ccccc2)(c2ccccc2)C1=O)c1ccccc1. The Hall–Kier alpha value is -3.93. The van der Waals surface area contributed by atoms with Crippen molar-refractivity contribution in [1.82, 2.24) is 10.2 Å². The Labute approximate surface area is 181 Å². The molecule has 31 heavy (non-hydrogen) atoms. The standard InChI is InChI=1S/C25H23N3O3/c1-27(21-15-9-4-10-16-21)22(29)18-28-23(30)25(26-24(28)31,20-13-7-3-8-14-20)17-19-11-5-2-6-12-19/h2-16H,17-18H2,1H3,(H,26,31)/t25-/m1/s1. The topological polar surface area (TPSA) is 69.7 Å². The number of amides is 4. The minimum atomic E-state index is -1.26. The average molecular weight is 413 g/mol. The molecular weight excluding hydrogens is 390 g/mol. The van der Waals surface area contributed by atoms with E-state index in [1.807, 2.05) is 78.9 Å².